The summed E-state index contributed by atoms with van der Waals surface area (Å²) in [6.07, 6.45) is 7.79. The maximum atomic E-state index is 10.4. The lowest BCUT2D eigenvalue weighted by atomic mass is 9.90. The number of hydrogen-bond donors (Lipinski definition) is 1. The van der Waals surface area contributed by atoms with Crippen LogP contribution in [0.2, 0.25) is 0 Å². The molecule has 1 saturated heterocycles. The highest BCUT2D eigenvalue weighted by Gasteiger charge is 2.33. The van der Waals surface area contributed by atoms with Crippen LogP contribution < -0.4 is 0 Å². The second-order valence-corrected chi connectivity index (χ2v) is 4.50. The van der Waals surface area contributed by atoms with Gasteiger partial charge in [-0.1, -0.05) is 0 Å². The predicted molar refractivity (Wildman–Crippen MR) is 64.9 cm³/mol. The minimum atomic E-state index is -0.990. The first kappa shape index (κ1) is 13.7. The molecule has 0 saturated carbocycles. The van der Waals surface area contributed by atoms with Gasteiger partial charge in [0, 0.05) is 20.6 Å². The van der Waals surface area contributed by atoms with Crippen molar-refractivity contribution in [3.05, 3.63) is 24.3 Å². The number of hydrogen-bond acceptors (Lipinski definition) is 5. The lowest BCUT2D eigenvalue weighted by Crippen LogP contribution is -2.36. The van der Waals surface area contributed by atoms with Crippen LogP contribution in [0.4, 0.5) is 0 Å². The standard InChI is InChI=1S/C13H20O5/c1-15-13(16-2)7-5-12(14,6-8-13)4-3-11-17-9-10-18-11/h5-8,11,14H,3-4,9-10H2,1-2H3. The van der Waals surface area contributed by atoms with E-state index in [0.717, 1.165) is 0 Å². The molecule has 0 atom stereocenters. The van der Waals surface area contributed by atoms with Crippen LogP contribution in [0.25, 0.3) is 0 Å². The van der Waals surface area contributed by atoms with Crippen molar-refractivity contribution < 1.29 is 24.1 Å². The Kier molecular flexibility index (Phi) is 4.19. The Balaban J connectivity index is 1.91. The quantitative estimate of drug-likeness (QED) is 0.587. The second-order valence-electron chi connectivity index (χ2n) is 4.50. The Hall–Kier alpha value is -0.720. The van der Waals surface area contributed by atoms with Gasteiger partial charge in [0.1, 0.15) is 5.60 Å². The summed E-state index contributed by atoms with van der Waals surface area (Å²) in [6.45, 7) is 1.26. The molecule has 0 radical (unpaired) electrons. The highest BCUT2D eigenvalue weighted by Crippen LogP contribution is 2.29. The largest absolute Gasteiger partial charge is 0.382 e. The molecule has 1 heterocycles. The van der Waals surface area contributed by atoms with Crippen LogP contribution in [0.15, 0.2) is 24.3 Å². The molecule has 2 rings (SSSR count). The third-order valence-electron chi connectivity index (χ3n) is 3.32. The minimum Gasteiger partial charge on any atom is -0.382 e. The maximum absolute atomic E-state index is 10.4. The number of ether oxygens (including phenoxy) is 4. The van der Waals surface area contributed by atoms with Crippen LogP contribution in [-0.2, 0) is 18.9 Å². The van der Waals surface area contributed by atoms with E-state index < -0.39 is 11.4 Å². The van der Waals surface area contributed by atoms with Crippen LogP contribution in [0, 0.1) is 0 Å². The molecule has 1 fully saturated rings. The Morgan fingerprint density at radius 3 is 2.17 bits per heavy atom. The topological polar surface area (TPSA) is 57.2 Å². The van der Waals surface area contributed by atoms with Crippen molar-refractivity contribution in [1.29, 1.82) is 0 Å². The summed E-state index contributed by atoms with van der Waals surface area (Å²) in [7, 11) is 3.12. The molecule has 102 valence electrons. The maximum Gasteiger partial charge on any atom is 0.207 e. The van der Waals surface area contributed by atoms with Gasteiger partial charge >= 0.3 is 0 Å². The summed E-state index contributed by atoms with van der Waals surface area (Å²) in [4.78, 5) is 0. The summed E-state index contributed by atoms with van der Waals surface area (Å²) in [6, 6.07) is 0. The first-order valence-corrected chi connectivity index (χ1v) is 6.08. The molecule has 1 aliphatic heterocycles. The van der Waals surface area contributed by atoms with Gasteiger partial charge in [-0.3, -0.25) is 0 Å². The van der Waals surface area contributed by atoms with Crippen molar-refractivity contribution in [2.45, 2.75) is 30.5 Å². The van der Waals surface area contributed by atoms with Crippen molar-refractivity contribution in [3.8, 4) is 0 Å². The summed E-state index contributed by atoms with van der Waals surface area (Å²) in [5, 5.41) is 10.4. The Morgan fingerprint density at radius 2 is 1.67 bits per heavy atom. The molecule has 0 spiro atoms. The van der Waals surface area contributed by atoms with E-state index in [0.29, 0.717) is 26.1 Å². The van der Waals surface area contributed by atoms with Gasteiger partial charge in [-0.25, -0.2) is 0 Å². The van der Waals surface area contributed by atoms with E-state index in [1.165, 1.54) is 0 Å². The molecule has 5 heteroatoms. The van der Waals surface area contributed by atoms with Crippen LogP contribution in [0.1, 0.15) is 12.8 Å². The van der Waals surface area contributed by atoms with Gasteiger partial charge in [-0.15, -0.1) is 0 Å². The normalized spacial score (nSPS) is 25.7. The van der Waals surface area contributed by atoms with Crippen molar-refractivity contribution in [1.82, 2.24) is 0 Å². The number of aliphatic hydroxyl groups is 1. The fourth-order valence-electron chi connectivity index (χ4n) is 2.08. The van der Waals surface area contributed by atoms with Gasteiger partial charge in [-0.05, 0) is 30.7 Å². The van der Waals surface area contributed by atoms with Gasteiger partial charge in [0.2, 0.25) is 5.79 Å². The van der Waals surface area contributed by atoms with E-state index in [1.807, 2.05) is 0 Å². The molecule has 0 aromatic carbocycles. The average Bonchev–Trinajstić information content (AvgIpc) is 2.92. The average molecular weight is 256 g/mol. The molecule has 18 heavy (non-hydrogen) atoms. The second kappa shape index (κ2) is 5.50. The van der Waals surface area contributed by atoms with Crippen molar-refractivity contribution in [2.75, 3.05) is 27.4 Å². The minimum absolute atomic E-state index is 0.202. The van der Waals surface area contributed by atoms with Crippen molar-refractivity contribution in [2.24, 2.45) is 0 Å². The zero-order chi connectivity index (χ0) is 13.1. The lowest BCUT2D eigenvalue weighted by Gasteiger charge is -2.32. The molecule has 0 unspecified atom stereocenters. The summed E-state index contributed by atoms with van der Waals surface area (Å²) < 4.78 is 21.2. The van der Waals surface area contributed by atoms with Crippen LogP contribution >= 0.6 is 0 Å². The van der Waals surface area contributed by atoms with Gasteiger partial charge in [0.05, 0.1) is 13.2 Å². The van der Waals surface area contributed by atoms with Crippen molar-refractivity contribution >= 4 is 0 Å². The Bertz CT molecular complexity index is 310. The molecular weight excluding hydrogens is 236 g/mol. The molecule has 0 aromatic rings. The molecule has 1 N–H and O–H groups in total. The van der Waals surface area contributed by atoms with E-state index in [9.17, 15) is 5.11 Å². The zero-order valence-corrected chi connectivity index (χ0v) is 10.8. The Morgan fingerprint density at radius 1 is 1.11 bits per heavy atom. The number of rotatable bonds is 5. The summed E-state index contributed by atoms with van der Waals surface area (Å²) in [5.41, 5.74) is -0.990. The fourth-order valence-corrected chi connectivity index (χ4v) is 2.08. The van der Waals surface area contributed by atoms with Gasteiger partial charge in [-0.2, -0.15) is 0 Å². The van der Waals surface area contributed by atoms with Crippen LogP contribution in [0.5, 0.6) is 0 Å². The highest BCUT2D eigenvalue weighted by molar-refractivity contribution is 5.26. The third-order valence-corrected chi connectivity index (χ3v) is 3.32. The fraction of sp³-hybridized carbons (Fsp3) is 0.692. The van der Waals surface area contributed by atoms with E-state index in [1.54, 1.807) is 38.5 Å². The molecule has 0 amide bonds. The summed E-state index contributed by atoms with van der Waals surface area (Å²) >= 11 is 0. The lowest BCUT2D eigenvalue weighted by molar-refractivity contribution is -0.136. The molecule has 1 aliphatic carbocycles. The van der Waals surface area contributed by atoms with Crippen molar-refractivity contribution in [3.63, 3.8) is 0 Å². The van der Waals surface area contributed by atoms with Crippen LogP contribution in [0.3, 0.4) is 0 Å². The molecular formula is C13H20O5. The van der Waals surface area contributed by atoms with Crippen LogP contribution in [-0.4, -0.2) is 50.2 Å². The van der Waals surface area contributed by atoms with Gasteiger partial charge < -0.3 is 24.1 Å². The molecule has 5 nitrogen and oxygen atoms in total. The smallest absolute Gasteiger partial charge is 0.207 e. The highest BCUT2D eigenvalue weighted by atomic mass is 16.7. The summed E-state index contributed by atoms with van der Waals surface area (Å²) in [5.74, 6) is -0.868. The van der Waals surface area contributed by atoms with Gasteiger partial charge in [0.25, 0.3) is 0 Å². The first-order valence-electron chi connectivity index (χ1n) is 6.08. The first-order chi connectivity index (χ1) is 8.61. The van der Waals surface area contributed by atoms with E-state index in [-0.39, 0.29) is 6.29 Å². The van der Waals surface area contributed by atoms with E-state index in [4.69, 9.17) is 18.9 Å². The predicted octanol–water partition coefficient (Wildman–Crippen LogP) is 0.986. The van der Waals surface area contributed by atoms with E-state index >= 15 is 0 Å². The molecule has 0 aromatic heterocycles. The molecule has 0 bridgehead atoms. The monoisotopic (exact) mass is 256 g/mol. The van der Waals surface area contributed by atoms with Gasteiger partial charge in [0.15, 0.2) is 6.29 Å². The third kappa shape index (κ3) is 2.99. The Labute approximate surface area is 107 Å². The van der Waals surface area contributed by atoms with E-state index in [2.05, 4.69) is 0 Å². The SMILES string of the molecule is COC1(OC)C=CC(O)(CCC2OCCO2)C=C1. The zero-order valence-electron chi connectivity index (χ0n) is 10.8. The molecule has 2 aliphatic rings. The number of methoxy groups -OCH3 is 2.